The number of hydrogen-bond donors (Lipinski definition) is 3. The molecule has 0 spiro atoms. The zero-order valence-electron chi connectivity index (χ0n) is 11.7. The summed E-state index contributed by atoms with van der Waals surface area (Å²) in [6.45, 7) is 3.48. The predicted octanol–water partition coefficient (Wildman–Crippen LogP) is 3.09. The number of nitrogens with zero attached hydrogens (tertiary/aromatic N) is 1. The first-order valence-corrected chi connectivity index (χ1v) is 7.03. The second-order valence-corrected chi connectivity index (χ2v) is 6.07. The lowest BCUT2D eigenvalue weighted by Crippen LogP contribution is -2.45. The zero-order valence-corrected chi connectivity index (χ0v) is 13.3. The third kappa shape index (κ3) is 5.83. The highest BCUT2D eigenvalue weighted by Gasteiger charge is 2.22. The van der Waals surface area contributed by atoms with Crippen molar-refractivity contribution in [3.05, 3.63) is 28.2 Å². The summed E-state index contributed by atoms with van der Waals surface area (Å²) in [5, 5.41) is 23.0. The number of carboxylic acids is 1. The van der Waals surface area contributed by atoms with E-state index in [9.17, 15) is 9.59 Å². The van der Waals surface area contributed by atoms with Gasteiger partial charge in [0.15, 0.2) is 0 Å². The summed E-state index contributed by atoms with van der Waals surface area (Å²) in [4.78, 5) is 22.5. The smallest absolute Gasteiger partial charge is 0.319 e. The van der Waals surface area contributed by atoms with E-state index < -0.39 is 17.5 Å². The second-order valence-electron chi connectivity index (χ2n) is 5.16. The quantitative estimate of drug-likeness (QED) is 0.756. The van der Waals surface area contributed by atoms with Gasteiger partial charge in [0.25, 0.3) is 0 Å². The van der Waals surface area contributed by atoms with Crippen LogP contribution in [0.5, 0.6) is 0 Å². The zero-order chi connectivity index (χ0) is 16.0. The average molecular weight is 354 g/mol. The molecule has 0 saturated carbocycles. The largest absolute Gasteiger partial charge is 0.481 e. The van der Waals surface area contributed by atoms with Crippen LogP contribution in [-0.2, 0) is 4.79 Å². The molecule has 0 aromatic heterocycles. The van der Waals surface area contributed by atoms with Crippen molar-refractivity contribution in [1.29, 1.82) is 5.26 Å². The monoisotopic (exact) mass is 353 g/mol. The average Bonchev–Trinajstić information content (AvgIpc) is 2.36. The Labute approximate surface area is 131 Å². The molecule has 0 atom stereocenters. The fraction of sp³-hybridized carbons (Fsp3) is 0.357. The SMILES string of the molecule is CC(C)(CCC(=O)O)NC(=O)Nc1cc(Br)ccc1C#N. The van der Waals surface area contributed by atoms with Crippen LogP contribution >= 0.6 is 15.9 Å². The lowest BCUT2D eigenvalue weighted by molar-refractivity contribution is -0.137. The molecular weight excluding hydrogens is 338 g/mol. The number of nitriles is 1. The number of carbonyl (C=O) groups is 2. The normalized spacial score (nSPS) is 10.6. The molecule has 1 aromatic carbocycles. The molecule has 0 aliphatic carbocycles. The third-order valence-electron chi connectivity index (χ3n) is 2.77. The standard InChI is InChI=1S/C14H16BrN3O3/c1-14(2,6-5-12(19)20)18-13(21)17-11-7-10(15)4-3-9(11)8-16/h3-4,7H,5-6H2,1-2H3,(H,19,20)(H2,17,18,21). The number of rotatable bonds is 5. The summed E-state index contributed by atoms with van der Waals surface area (Å²) in [5.41, 5.74) is 0.0662. The molecule has 1 aromatic rings. The second kappa shape index (κ2) is 7.09. The number of benzene rings is 1. The first-order chi connectivity index (χ1) is 9.73. The molecule has 2 amide bonds. The number of carboxylic acid groups (broad SMARTS) is 1. The molecule has 6 nitrogen and oxygen atoms in total. The van der Waals surface area contributed by atoms with Crippen LogP contribution in [0.4, 0.5) is 10.5 Å². The van der Waals surface area contributed by atoms with Gasteiger partial charge in [0.1, 0.15) is 6.07 Å². The molecule has 0 unspecified atom stereocenters. The Bertz CT molecular complexity index is 594. The maximum atomic E-state index is 12.0. The summed E-state index contributed by atoms with van der Waals surface area (Å²) in [6.07, 6.45) is 0.271. The van der Waals surface area contributed by atoms with E-state index in [2.05, 4.69) is 26.6 Å². The van der Waals surface area contributed by atoms with Crippen LogP contribution in [0.15, 0.2) is 22.7 Å². The maximum Gasteiger partial charge on any atom is 0.319 e. The molecular formula is C14H16BrN3O3. The van der Waals surface area contributed by atoms with Crippen LogP contribution in [-0.4, -0.2) is 22.6 Å². The number of hydrogen-bond acceptors (Lipinski definition) is 3. The lowest BCUT2D eigenvalue weighted by atomic mass is 9.99. The van der Waals surface area contributed by atoms with Gasteiger partial charge in [0.05, 0.1) is 11.3 Å². The van der Waals surface area contributed by atoms with Crippen molar-refractivity contribution in [2.24, 2.45) is 0 Å². The van der Waals surface area contributed by atoms with Crippen molar-refractivity contribution >= 4 is 33.6 Å². The van der Waals surface area contributed by atoms with Crippen molar-refractivity contribution in [3.63, 3.8) is 0 Å². The summed E-state index contributed by atoms with van der Waals surface area (Å²) >= 11 is 3.27. The summed E-state index contributed by atoms with van der Waals surface area (Å²) < 4.78 is 0.738. The number of urea groups is 1. The van der Waals surface area contributed by atoms with E-state index in [4.69, 9.17) is 10.4 Å². The Hall–Kier alpha value is -2.07. The van der Waals surface area contributed by atoms with E-state index in [1.165, 1.54) is 0 Å². The van der Waals surface area contributed by atoms with Gasteiger partial charge in [-0.25, -0.2) is 4.79 Å². The van der Waals surface area contributed by atoms with Gasteiger partial charge >= 0.3 is 12.0 Å². The fourth-order valence-corrected chi connectivity index (χ4v) is 2.02. The van der Waals surface area contributed by atoms with Crippen LogP contribution in [0.25, 0.3) is 0 Å². The molecule has 21 heavy (non-hydrogen) atoms. The Balaban J connectivity index is 2.72. The van der Waals surface area contributed by atoms with Gasteiger partial charge in [-0.3, -0.25) is 4.79 Å². The van der Waals surface area contributed by atoms with E-state index in [0.29, 0.717) is 17.7 Å². The fourth-order valence-electron chi connectivity index (χ4n) is 1.66. The van der Waals surface area contributed by atoms with Gasteiger partial charge in [0.2, 0.25) is 0 Å². The predicted molar refractivity (Wildman–Crippen MR) is 82.0 cm³/mol. The summed E-state index contributed by atoms with van der Waals surface area (Å²) in [5.74, 6) is -0.913. The van der Waals surface area contributed by atoms with Crippen LogP contribution in [0.1, 0.15) is 32.3 Å². The highest BCUT2D eigenvalue weighted by atomic mass is 79.9. The molecule has 7 heteroatoms. The number of aliphatic carboxylic acids is 1. The molecule has 0 radical (unpaired) electrons. The minimum atomic E-state index is -0.913. The summed E-state index contributed by atoms with van der Waals surface area (Å²) in [6, 6.07) is 6.43. The molecule has 112 valence electrons. The number of carbonyl (C=O) groups excluding carboxylic acids is 1. The van der Waals surface area contributed by atoms with Crippen molar-refractivity contribution in [2.75, 3.05) is 5.32 Å². The van der Waals surface area contributed by atoms with Crippen LogP contribution in [0.3, 0.4) is 0 Å². The Morgan fingerprint density at radius 3 is 2.67 bits per heavy atom. The van der Waals surface area contributed by atoms with Gasteiger partial charge in [0, 0.05) is 16.4 Å². The van der Waals surface area contributed by atoms with E-state index in [1.54, 1.807) is 32.0 Å². The van der Waals surface area contributed by atoms with Gasteiger partial charge < -0.3 is 15.7 Å². The molecule has 0 saturated heterocycles. The third-order valence-corrected chi connectivity index (χ3v) is 3.26. The minimum Gasteiger partial charge on any atom is -0.481 e. The van der Waals surface area contributed by atoms with E-state index >= 15 is 0 Å². The Morgan fingerprint density at radius 2 is 2.10 bits per heavy atom. The van der Waals surface area contributed by atoms with Gasteiger partial charge in [-0.1, -0.05) is 15.9 Å². The molecule has 3 N–H and O–H groups in total. The van der Waals surface area contributed by atoms with Gasteiger partial charge in [-0.15, -0.1) is 0 Å². The first-order valence-electron chi connectivity index (χ1n) is 6.24. The molecule has 0 bridgehead atoms. The van der Waals surface area contributed by atoms with E-state index in [-0.39, 0.29) is 6.42 Å². The maximum absolute atomic E-state index is 12.0. The van der Waals surface area contributed by atoms with Gasteiger partial charge in [-0.2, -0.15) is 5.26 Å². The lowest BCUT2D eigenvalue weighted by Gasteiger charge is -2.25. The van der Waals surface area contributed by atoms with Crippen molar-refractivity contribution < 1.29 is 14.7 Å². The number of nitrogens with one attached hydrogen (secondary N) is 2. The molecule has 0 heterocycles. The van der Waals surface area contributed by atoms with Crippen LogP contribution in [0.2, 0.25) is 0 Å². The highest BCUT2D eigenvalue weighted by Crippen LogP contribution is 2.21. The first kappa shape index (κ1) is 17.0. The topological polar surface area (TPSA) is 102 Å². The summed E-state index contributed by atoms with van der Waals surface area (Å²) in [7, 11) is 0. The van der Waals surface area contributed by atoms with Crippen LogP contribution in [0, 0.1) is 11.3 Å². The van der Waals surface area contributed by atoms with Crippen LogP contribution < -0.4 is 10.6 Å². The Morgan fingerprint density at radius 1 is 1.43 bits per heavy atom. The molecule has 0 aliphatic rings. The highest BCUT2D eigenvalue weighted by molar-refractivity contribution is 9.10. The number of anilines is 1. The minimum absolute atomic E-state index is 0.0341. The van der Waals surface area contributed by atoms with Crippen molar-refractivity contribution in [3.8, 4) is 6.07 Å². The van der Waals surface area contributed by atoms with Crippen molar-refractivity contribution in [1.82, 2.24) is 5.32 Å². The van der Waals surface area contributed by atoms with Gasteiger partial charge in [-0.05, 0) is 38.5 Å². The van der Waals surface area contributed by atoms with E-state index in [1.807, 2.05) is 6.07 Å². The number of halogens is 1. The van der Waals surface area contributed by atoms with E-state index in [0.717, 1.165) is 4.47 Å². The Kier molecular flexibility index (Phi) is 5.73. The molecule has 0 fully saturated rings. The molecule has 0 aliphatic heterocycles. The number of amides is 2. The molecule has 1 rings (SSSR count). The van der Waals surface area contributed by atoms with Crippen molar-refractivity contribution in [2.45, 2.75) is 32.2 Å².